The number of hydrogen-bond acceptors (Lipinski definition) is 4. The summed E-state index contributed by atoms with van der Waals surface area (Å²) in [5, 5.41) is 6.44. The van der Waals surface area contributed by atoms with Crippen LogP contribution in [-0.4, -0.2) is 28.3 Å². The van der Waals surface area contributed by atoms with E-state index in [1.165, 1.54) is 48.5 Å². The van der Waals surface area contributed by atoms with Crippen LogP contribution in [0.4, 0.5) is 18.9 Å². The Morgan fingerprint density at radius 2 is 1.87 bits per heavy atom. The van der Waals surface area contributed by atoms with Gasteiger partial charge in [-0.2, -0.15) is 18.3 Å². The Morgan fingerprint density at radius 3 is 2.50 bits per heavy atom. The van der Waals surface area contributed by atoms with E-state index in [4.69, 9.17) is 16.3 Å². The Labute approximate surface area is 174 Å². The zero-order valence-electron chi connectivity index (χ0n) is 15.5. The summed E-state index contributed by atoms with van der Waals surface area (Å²) in [5.41, 5.74) is -1.52. The predicted molar refractivity (Wildman–Crippen MR) is 104 cm³/mol. The fourth-order valence-electron chi connectivity index (χ4n) is 2.70. The molecular formula is C20H15ClF3N3O3. The Kier molecular flexibility index (Phi) is 6.12. The van der Waals surface area contributed by atoms with Gasteiger partial charge in [-0.3, -0.25) is 4.79 Å². The summed E-state index contributed by atoms with van der Waals surface area (Å²) in [7, 11) is 0. The molecule has 2 aromatic carbocycles. The van der Waals surface area contributed by atoms with Gasteiger partial charge < -0.3 is 10.1 Å². The average molecular weight is 438 g/mol. The van der Waals surface area contributed by atoms with E-state index in [0.717, 1.165) is 6.20 Å². The number of carbonyl (C=O) groups excluding carboxylic acids is 2. The summed E-state index contributed by atoms with van der Waals surface area (Å²) >= 11 is 5.78. The predicted octanol–water partition coefficient (Wildman–Crippen LogP) is 4.97. The molecule has 0 saturated heterocycles. The van der Waals surface area contributed by atoms with Crippen molar-refractivity contribution in [3.8, 4) is 5.69 Å². The van der Waals surface area contributed by atoms with Crippen molar-refractivity contribution in [3.05, 3.63) is 76.6 Å². The molecule has 0 unspecified atom stereocenters. The molecule has 0 spiro atoms. The maximum Gasteiger partial charge on any atom is 0.434 e. The second-order valence-corrected chi connectivity index (χ2v) is 6.48. The first-order valence-electron chi connectivity index (χ1n) is 8.70. The number of halogens is 4. The van der Waals surface area contributed by atoms with Gasteiger partial charge in [0.05, 0.1) is 29.6 Å². The van der Waals surface area contributed by atoms with Gasteiger partial charge >= 0.3 is 12.1 Å². The molecule has 156 valence electrons. The third kappa shape index (κ3) is 4.62. The number of ether oxygens (including phenoxy) is 1. The molecule has 1 N–H and O–H groups in total. The van der Waals surface area contributed by atoms with Gasteiger partial charge in [-0.25, -0.2) is 9.48 Å². The molecule has 0 radical (unpaired) electrons. The molecule has 1 amide bonds. The minimum atomic E-state index is -4.85. The fraction of sp³-hybridized carbons (Fsp3) is 0.150. The van der Waals surface area contributed by atoms with Crippen LogP contribution in [-0.2, 0) is 10.9 Å². The quantitative estimate of drug-likeness (QED) is 0.572. The van der Waals surface area contributed by atoms with Crippen LogP contribution in [0.2, 0.25) is 5.02 Å². The first kappa shape index (κ1) is 21.4. The molecular weight excluding hydrogens is 423 g/mol. The normalized spacial score (nSPS) is 11.2. The largest absolute Gasteiger partial charge is 0.462 e. The van der Waals surface area contributed by atoms with Crippen molar-refractivity contribution in [2.75, 3.05) is 11.9 Å². The molecule has 0 aliphatic carbocycles. The van der Waals surface area contributed by atoms with Gasteiger partial charge in [0.1, 0.15) is 0 Å². The molecule has 1 heterocycles. The van der Waals surface area contributed by atoms with Crippen LogP contribution < -0.4 is 5.32 Å². The summed E-state index contributed by atoms with van der Waals surface area (Å²) in [4.78, 5) is 24.4. The fourth-order valence-corrected chi connectivity index (χ4v) is 2.83. The molecule has 3 aromatic rings. The number of carbonyl (C=O) groups is 2. The van der Waals surface area contributed by atoms with Crippen LogP contribution in [0.1, 0.15) is 33.3 Å². The molecule has 0 atom stereocenters. The summed E-state index contributed by atoms with van der Waals surface area (Å²) in [6.07, 6.45) is -4.02. The zero-order chi connectivity index (χ0) is 21.9. The molecule has 10 heteroatoms. The second-order valence-electron chi connectivity index (χ2n) is 6.05. The van der Waals surface area contributed by atoms with Gasteiger partial charge in [0, 0.05) is 10.7 Å². The van der Waals surface area contributed by atoms with Crippen molar-refractivity contribution in [1.29, 1.82) is 0 Å². The highest BCUT2D eigenvalue weighted by molar-refractivity contribution is 6.30. The Bertz CT molecular complexity index is 1080. The second kappa shape index (κ2) is 8.58. The first-order valence-corrected chi connectivity index (χ1v) is 9.08. The SMILES string of the molecule is CCOC(=O)c1cccc(NC(=O)c2cnn(-c3ccc(Cl)cc3)c2C(F)(F)F)c1. The maximum absolute atomic E-state index is 13.7. The van der Waals surface area contributed by atoms with Gasteiger partial charge in [-0.1, -0.05) is 17.7 Å². The van der Waals surface area contributed by atoms with E-state index < -0.39 is 29.3 Å². The summed E-state index contributed by atoms with van der Waals surface area (Å²) < 4.78 is 46.7. The van der Waals surface area contributed by atoms with Crippen LogP contribution in [0, 0.1) is 0 Å². The summed E-state index contributed by atoms with van der Waals surface area (Å²) in [6.45, 7) is 1.80. The lowest BCUT2D eigenvalue weighted by Gasteiger charge is -2.13. The number of alkyl halides is 3. The molecule has 30 heavy (non-hydrogen) atoms. The van der Waals surface area contributed by atoms with Crippen molar-refractivity contribution in [2.45, 2.75) is 13.1 Å². The van der Waals surface area contributed by atoms with Gasteiger partial charge in [0.15, 0.2) is 5.69 Å². The highest BCUT2D eigenvalue weighted by Crippen LogP contribution is 2.34. The highest BCUT2D eigenvalue weighted by atomic mass is 35.5. The van der Waals surface area contributed by atoms with Gasteiger partial charge in [0.25, 0.3) is 5.91 Å². The molecule has 0 saturated carbocycles. The monoisotopic (exact) mass is 437 g/mol. The topological polar surface area (TPSA) is 73.2 Å². The van der Waals surface area contributed by atoms with Crippen LogP contribution >= 0.6 is 11.6 Å². The van der Waals surface area contributed by atoms with E-state index in [-0.39, 0.29) is 23.5 Å². The van der Waals surface area contributed by atoms with Gasteiger partial charge in [-0.15, -0.1) is 0 Å². The lowest BCUT2D eigenvalue weighted by atomic mass is 10.1. The number of anilines is 1. The molecule has 0 bridgehead atoms. The van der Waals surface area contributed by atoms with Gasteiger partial charge in [-0.05, 0) is 49.4 Å². The lowest BCUT2D eigenvalue weighted by molar-refractivity contribution is -0.143. The van der Waals surface area contributed by atoms with Crippen LogP contribution in [0.3, 0.4) is 0 Å². The minimum Gasteiger partial charge on any atom is -0.462 e. The van der Waals surface area contributed by atoms with Crippen molar-refractivity contribution < 1.29 is 27.5 Å². The summed E-state index contributed by atoms with van der Waals surface area (Å²) in [6, 6.07) is 11.2. The number of aromatic nitrogens is 2. The maximum atomic E-state index is 13.7. The van der Waals surface area contributed by atoms with E-state index in [9.17, 15) is 22.8 Å². The molecule has 3 rings (SSSR count). The average Bonchev–Trinajstić information content (AvgIpc) is 3.15. The molecule has 1 aromatic heterocycles. The number of hydrogen-bond donors (Lipinski definition) is 1. The number of nitrogens with zero attached hydrogens (tertiary/aromatic N) is 2. The molecule has 6 nitrogen and oxygen atoms in total. The molecule has 0 aliphatic heterocycles. The van der Waals surface area contributed by atoms with E-state index >= 15 is 0 Å². The summed E-state index contributed by atoms with van der Waals surface area (Å²) in [5.74, 6) is -1.64. The number of benzene rings is 2. The van der Waals surface area contributed by atoms with E-state index in [2.05, 4.69) is 10.4 Å². The van der Waals surface area contributed by atoms with Crippen molar-refractivity contribution in [2.24, 2.45) is 0 Å². The number of rotatable bonds is 5. The van der Waals surface area contributed by atoms with Crippen molar-refractivity contribution in [1.82, 2.24) is 9.78 Å². The standard InChI is InChI=1S/C20H15ClF3N3O3/c1-2-30-19(29)12-4-3-5-14(10-12)26-18(28)16-11-25-27(17(16)20(22,23)24)15-8-6-13(21)7-9-15/h3-11H,2H2,1H3,(H,26,28). The number of esters is 1. The van der Waals surface area contributed by atoms with Crippen molar-refractivity contribution >= 4 is 29.2 Å². The zero-order valence-corrected chi connectivity index (χ0v) is 16.3. The molecule has 0 aliphatic rings. The highest BCUT2D eigenvalue weighted by Gasteiger charge is 2.40. The minimum absolute atomic E-state index is 0.0927. The third-order valence-corrected chi connectivity index (χ3v) is 4.24. The Morgan fingerprint density at radius 1 is 1.17 bits per heavy atom. The smallest absolute Gasteiger partial charge is 0.434 e. The third-order valence-electron chi connectivity index (χ3n) is 3.99. The first-order chi connectivity index (χ1) is 14.2. The Hall–Kier alpha value is -3.33. The van der Waals surface area contributed by atoms with Crippen LogP contribution in [0.25, 0.3) is 5.69 Å². The van der Waals surface area contributed by atoms with Gasteiger partial charge in [0.2, 0.25) is 0 Å². The van der Waals surface area contributed by atoms with Crippen molar-refractivity contribution in [3.63, 3.8) is 0 Å². The van der Waals surface area contributed by atoms with E-state index in [1.807, 2.05) is 0 Å². The number of amides is 1. The van der Waals surface area contributed by atoms with E-state index in [1.54, 1.807) is 6.92 Å². The van der Waals surface area contributed by atoms with Crippen LogP contribution in [0.5, 0.6) is 0 Å². The van der Waals surface area contributed by atoms with Crippen LogP contribution in [0.15, 0.2) is 54.7 Å². The lowest BCUT2D eigenvalue weighted by Crippen LogP contribution is -2.20. The Balaban J connectivity index is 1.94. The van der Waals surface area contributed by atoms with E-state index in [0.29, 0.717) is 9.70 Å². The number of nitrogens with one attached hydrogen (secondary N) is 1. The molecule has 0 fully saturated rings.